The van der Waals surface area contributed by atoms with Crippen LogP contribution in [0.3, 0.4) is 0 Å². The molecule has 0 saturated carbocycles. The first kappa shape index (κ1) is 42.6. The molecule has 0 spiro atoms. The Morgan fingerprint density at radius 2 is 0.812 bits per heavy atom. The molecule has 0 radical (unpaired) electrons. The molecule has 0 amide bonds. The molecule has 4 rings (SSSR count). The molecule has 4 heterocycles. The van der Waals surface area contributed by atoms with E-state index >= 15 is 0 Å². The fourth-order valence-corrected chi connectivity index (χ4v) is 4.46. The molecule has 0 saturated heterocycles. The Morgan fingerprint density at radius 3 is 1.19 bits per heavy atom. The lowest BCUT2D eigenvalue weighted by atomic mass is 9.99. The monoisotopic (exact) mass is 653 g/mol. The van der Waals surface area contributed by atoms with Crippen LogP contribution in [0, 0.1) is 0 Å². The number of aromatic nitrogens is 4. The van der Waals surface area contributed by atoms with E-state index in [2.05, 4.69) is 179 Å². The average molecular weight is 653 g/mol. The van der Waals surface area contributed by atoms with Gasteiger partial charge in [-0.15, -0.1) is 0 Å². The molecule has 264 valence electrons. The summed E-state index contributed by atoms with van der Waals surface area (Å²) in [4.78, 5) is 17.5. The van der Waals surface area contributed by atoms with Crippen molar-refractivity contribution in [1.29, 1.82) is 0 Å². The zero-order chi connectivity index (χ0) is 36.6. The maximum atomic E-state index is 4.57. The Balaban J connectivity index is 0.000000320. The second-order valence-corrected chi connectivity index (χ2v) is 15.3. The summed E-state index contributed by atoms with van der Waals surface area (Å²) in [7, 11) is 0. The largest absolute Gasteiger partial charge is 0.264 e. The summed E-state index contributed by atoms with van der Waals surface area (Å²) in [5.41, 5.74) is 10.1. The molecule has 0 fully saturated rings. The molecule has 4 nitrogen and oxygen atoms in total. The van der Waals surface area contributed by atoms with Crippen molar-refractivity contribution in [1.82, 2.24) is 19.9 Å². The van der Waals surface area contributed by atoms with Gasteiger partial charge in [0.1, 0.15) is 0 Å². The lowest BCUT2D eigenvalue weighted by molar-refractivity contribution is 0.765. The zero-order valence-electron chi connectivity index (χ0n) is 33.3. The van der Waals surface area contributed by atoms with E-state index in [1.54, 1.807) is 0 Å². The standard InChI is InChI=1S/4C11H17N/c1-8(2)10-5-11(9(3)4)7-12-6-10;1-8(2)10-5-6-12-11(7-10)9(3)4;1-8(2)10-5-6-11(9(3)4)12-7-10;1-8(2)10-6-5-7-11(12-10)9(3)4/h4*5-9H,1-4H3. The SMILES string of the molecule is CC(C)c1ccc(C(C)C)nc1.CC(C)c1cccc(C(C)C)n1.CC(C)c1ccnc(C(C)C)c1.CC(C)c1cncc(C(C)C)c1. The predicted octanol–water partition coefficient (Wildman–Crippen LogP) is 13.3. The third-order valence-electron chi connectivity index (χ3n) is 8.22. The van der Waals surface area contributed by atoms with E-state index in [0.717, 1.165) is 0 Å². The minimum atomic E-state index is 0.531. The number of pyridine rings is 4. The van der Waals surface area contributed by atoms with Gasteiger partial charge >= 0.3 is 0 Å². The molecule has 0 unspecified atom stereocenters. The van der Waals surface area contributed by atoms with Gasteiger partial charge in [-0.1, -0.05) is 129 Å². The van der Waals surface area contributed by atoms with Gasteiger partial charge in [0.05, 0.1) is 0 Å². The topological polar surface area (TPSA) is 51.6 Å². The van der Waals surface area contributed by atoms with E-state index in [1.165, 1.54) is 45.0 Å². The van der Waals surface area contributed by atoms with Crippen LogP contribution in [0.4, 0.5) is 0 Å². The summed E-state index contributed by atoms with van der Waals surface area (Å²) in [6, 6.07) is 17.1. The van der Waals surface area contributed by atoms with Gasteiger partial charge in [0.15, 0.2) is 0 Å². The molecule has 0 aromatic carbocycles. The molecule has 48 heavy (non-hydrogen) atoms. The van der Waals surface area contributed by atoms with Crippen molar-refractivity contribution in [2.45, 2.75) is 158 Å². The highest BCUT2D eigenvalue weighted by molar-refractivity contribution is 5.23. The van der Waals surface area contributed by atoms with Crippen LogP contribution in [0.1, 0.15) is 203 Å². The highest BCUT2D eigenvalue weighted by Gasteiger charge is 2.06. The van der Waals surface area contributed by atoms with Crippen molar-refractivity contribution >= 4 is 0 Å². The fourth-order valence-electron chi connectivity index (χ4n) is 4.46. The lowest BCUT2D eigenvalue weighted by Gasteiger charge is -2.09. The van der Waals surface area contributed by atoms with Gasteiger partial charge in [-0.05, 0) is 99.9 Å². The Bertz CT molecular complexity index is 1200. The maximum absolute atomic E-state index is 4.57. The van der Waals surface area contributed by atoms with Crippen LogP contribution in [0.25, 0.3) is 0 Å². The number of hydrogen-bond donors (Lipinski definition) is 0. The van der Waals surface area contributed by atoms with E-state index in [9.17, 15) is 0 Å². The quantitative estimate of drug-likeness (QED) is 0.190. The first-order chi connectivity index (χ1) is 22.4. The molecule has 0 atom stereocenters. The van der Waals surface area contributed by atoms with Gasteiger partial charge in [0.2, 0.25) is 0 Å². The molecule has 0 aliphatic carbocycles. The van der Waals surface area contributed by atoms with E-state index in [1.807, 2.05) is 24.8 Å². The van der Waals surface area contributed by atoms with Crippen molar-refractivity contribution in [3.05, 3.63) is 118 Å². The first-order valence-electron chi connectivity index (χ1n) is 18.3. The first-order valence-corrected chi connectivity index (χ1v) is 18.3. The minimum Gasteiger partial charge on any atom is -0.264 e. The van der Waals surface area contributed by atoms with E-state index in [4.69, 9.17) is 0 Å². The maximum Gasteiger partial charge on any atom is 0.0432 e. The fraction of sp³-hybridized carbons (Fsp3) is 0.545. The average Bonchev–Trinajstić information content (AvgIpc) is 3.05. The Hall–Kier alpha value is -3.40. The number of nitrogens with zero attached hydrogens (tertiary/aromatic N) is 4. The highest BCUT2D eigenvalue weighted by atomic mass is 14.7. The van der Waals surface area contributed by atoms with Gasteiger partial charge in [0, 0.05) is 47.6 Å². The van der Waals surface area contributed by atoms with Gasteiger partial charge in [-0.25, -0.2) is 0 Å². The van der Waals surface area contributed by atoms with Crippen LogP contribution in [0.5, 0.6) is 0 Å². The van der Waals surface area contributed by atoms with Crippen molar-refractivity contribution in [2.75, 3.05) is 0 Å². The second-order valence-electron chi connectivity index (χ2n) is 15.3. The van der Waals surface area contributed by atoms with Crippen LogP contribution >= 0.6 is 0 Å². The Labute approximate surface area is 295 Å². The summed E-state index contributed by atoms with van der Waals surface area (Å²) in [6.07, 6.45) is 7.80. The summed E-state index contributed by atoms with van der Waals surface area (Å²) in [5, 5.41) is 0. The molecule has 4 aromatic rings. The summed E-state index contributed by atoms with van der Waals surface area (Å²) < 4.78 is 0. The molecular weight excluding hydrogens is 585 g/mol. The van der Waals surface area contributed by atoms with Crippen molar-refractivity contribution < 1.29 is 0 Å². The lowest BCUT2D eigenvalue weighted by Crippen LogP contribution is -1.98. The van der Waals surface area contributed by atoms with Crippen molar-refractivity contribution in [3.63, 3.8) is 0 Å². The predicted molar refractivity (Wildman–Crippen MR) is 210 cm³/mol. The van der Waals surface area contributed by atoms with E-state index in [0.29, 0.717) is 47.3 Å². The highest BCUT2D eigenvalue weighted by Crippen LogP contribution is 2.20. The molecular formula is C44H68N4. The van der Waals surface area contributed by atoms with Gasteiger partial charge in [-0.2, -0.15) is 0 Å². The van der Waals surface area contributed by atoms with Gasteiger partial charge in [-0.3, -0.25) is 19.9 Å². The minimum absolute atomic E-state index is 0.531. The van der Waals surface area contributed by atoms with Crippen molar-refractivity contribution in [3.8, 4) is 0 Å². The third-order valence-corrected chi connectivity index (χ3v) is 8.22. The van der Waals surface area contributed by atoms with Crippen LogP contribution in [0.15, 0.2) is 73.3 Å². The van der Waals surface area contributed by atoms with Gasteiger partial charge < -0.3 is 0 Å². The van der Waals surface area contributed by atoms with Crippen molar-refractivity contribution in [2.24, 2.45) is 0 Å². The zero-order valence-corrected chi connectivity index (χ0v) is 33.3. The molecule has 0 bridgehead atoms. The Kier molecular flexibility index (Phi) is 19.1. The van der Waals surface area contributed by atoms with Crippen LogP contribution in [-0.4, -0.2) is 19.9 Å². The molecule has 0 aliphatic rings. The smallest absolute Gasteiger partial charge is 0.0432 e. The van der Waals surface area contributed by atoms with Crippen LogP contribution < -0.4 is 0 Å². The molecule has 0 N–H and O–H groups in total. The molecule has 4 heteroatoms. The van der Waals surface area contributed by atoms with Gasteiger partial charge in [0.25, 0.3) is 0 Å². The van der Waals surface area contributed by atoms with Crippen LogP contribution in [-0.2, 0) is 0 Å². The second kappa shape index (κ2) is 21.5. The number of rotatable bonds is 8. The number of hydrogen-bond acceptors (Lipinski definition) is 4. The normalized spacial score (nSPS) is 11.2. The summed E-state index contributed by atoms with van der Waals surface area (Å²) in [5.74, 6) is 4.47. The van der Waals surface area contributed by atoms with E-state index in [-0.39, 0.29) is 0 Å². The Morgan fingerprint density at radius 1 is 0.354 bits per heavy atom. The van der Waals surface area contributed by atoms with Crippen LogP contribution in [0.2, 0.25) is 0 Å². The summed E-state index contributed by atoms with van der Waals surface area (Å²) >= 11 is 0. The molecule has 0 aliphatic heterocycles. The molecule has 4 aromatic heterocycles. The summed E-state index contributed by atoms with van der Waals surface area (Å²) in [6.45, 7) is 34.9. The third kappa shape index (κ3) is 15.7. The van der Waals surface area contributed by atoms with E-state index < -0.39 is 0 Å².